The van der Waals surface area contributed by atoms with Crippen molar-refractivity contribution in [3.8, 4) is 0 Å². The van der Waals surface area contributed by atoms with Gasteiger partial charge in [0.25, 0.3) is 11.8 Å². The van der Waals surface area contributed by atoms with Gasteiger partial charge < -0.3 is 15.5 Å². The molecule has 2 N–H and O–H groups in total. The van der Waals surface area contributed by atoms with Crippen LogP contribution in [-0.4, -0.2) is 61.4 Å². The zero-order valence-corrected chi connectivity index (χ0v) is 19.7. The summed E-state index contributed by atoms with van der Waals surface area (Å²) in [5.41, 5.74) is 2.67. The van der Waals surface area contributed by atoms with Crippen LogP contribution in [0.5, 0.6) is 0 Å². The molecule has 1 aliphatic rings. The highest BCUT2D eigenvalue weighted by Gasteiger charge is 2.21. The molecule has 2 amide bonds. The molecule has 6 nitrogen and oxygen atoms in total. The highest BCUT2D eigenvalue weighted by molar-refractivity contribution is 7.12. The van der Waals surface area contributed by atoms with Crippen LogP contribution in [0, 0.1) is 0 Å². The van der Waals surface area contributed by atoms with Crippen molar-refractivity contribution in [2.24, 2.45) is 0 Å². The highest BCUT2D eigenvalue weighted by atomic mass is 32.1. The summed E-state index contributed by atoms with van der Waals surface area (Å²) in [6, 6.07) is 21.2. The summed E-state index contributed by atoms with van der Waals surface area (Å²) in [6.07, 6.45) is 0. The van der Waals surface area contributed by atoms with Crippen LogP contribution in [0.3, 0.4) is 0 Å². The second-order valence-corrected chi connectivity index (χ2v) is 9.35. The Balaban J connectivity index is 1.37. The smallest absolute Gasteiger partial charge is 0.261 e. The number of carbonyl (C=O) groups excluding carboxylic acids is 2. The van der Waals surface area contributed by atoms with Gasteiger partial charge in [0.1, 0.15) is 0 Å². The summed E-state index contributed by atoms with van der Waals surface area (Å²) in [6.45, 7) is 5.30. The first-order valence-electron chi connectivity index (χ1n) is 11.3. The third-order valence-electron chi connectivity index (χ3n) is 5.96. The maximum Gasteiger partial charge on any atom is 0.261 e. The number of carbonyl (C=O) groups is 2. The summed E-state index contributed by atoms with van der Waals surface area (Å²) < 4.78 is 0. The van der Waals surface area contributed by atoms with Crippen LogP contribution in [0.2, 0.25) is 0 Å². The molecule has 172 valence electrons. The Morgan fingerprint density at radius 1 is 0.909 bits per heavy atom. The first kappa shape index (κ1) is 23.2. The predicted molar refractivity (Wildman–Crippen MR) is 133 cm³/mol. The molecule has 1 atom stereocenters. The fourth-order valence-corrected chi connectivity index (χ4v) is 4.54. The highest BCUT2D eigenvalue weighted by Crippen LogP contribution is 2.17. The summed E-state index contributed by atoms with van der Waals surface area (Å²) in [4.78, 5) is 30.6. The van der Waals surface area contributed by atoms with Gasteiger partial charge in [-0.2, -0.15) is 0 Å². The minimum absolute atomic E-state index is 0.0770. The van der Waals surface area contributed by atoms with E-state index < -0.39 is 0 Å². The Morgan fingerprint density at radius 3 is 2.30 bits per heavy atom. The van der Waals surface area contributed by atoms with Crippen LogP contribution in [0.4, 0.5) is 0 Å². The fourth-order valence-electron chi connectivity index (χ4n) is 3.90. The van der Waals surface area contributed by atoms with Crippen molar-refractivity contribution in [3.63, 3.8) is 0 Å². The van der Waals surface area contributed by atoms with Gasteiger partial charge in [-0.3, -0.25) is 14.5 Å². The monoisotopic (exact) mass is 462 g/mol. The third kappa shape index (κ3) is 6.51. The summed E-state index contributed by atoms with van der Waals surface area (Å²) >= 11 is 1.42. The minimum atomic E-state index is -0.0906. The van der Waals surface area contributed by atoms with Crippen LogP contribution in [0.15, 0.2) is 72.1 Å². The van der Waals surface area contributed by atoms with Crippen molar-refractivity contribution in [2.45, 2.75) is 12.6 Å². The van der Waals surface area contributed by atoms with Gasteiger partial charge in [0.05, 0.1) is 10.9 Å². The topological polar surface area (TPSA) is 64.7 Å². The minimum Gasteiger partial charge on any atom is -0.347 e. The number of amides is 2. The van der Waals surface area contributed by atoms with Gasteiger partial charge in [0.15, 0.2) is 0 Å². The number of hydrogen-bond donors (Lipinski definition) is 2. The van der Waals surface area contributed by atoms with Gasteiger partial charge in [0, 0.05) is 44.8 Å². The molecule has 0 saturated carbocycles. The van der Waals surface area contributed by atoms with Crippen molar-refractivity contribution in [2.75, 3.05) is 39.8 Å². The molecule has 1 aromatic heterocycles. The summed E-state index contributed by atoms with van der Waals surface area (Å²) in [5, 5.41) is 8.03. The van der Waals surface area contributed by atoms with E-state index in [0.717, 1.165) is 43.9 Å². The van der Waals surface area contributed by atoms with E-state index >= 15 is 0 Å². The molecule has 2 aromatic carbocycles. The van der Waals surface area contributed by atoms with E-state index in [4.69, 9.17) is 0 Å². The Kier molecular flexibility index (Phi) is 7.88. The molecule has 1 saturated heterocycles. The summed E-state index contributed by atoms with van der Waals surface area (Å²) in [5.74, 6) is -0.173. The van der Waals surface area contributed by atoms with E-state index in [2.05, 4.69) is 39.6 Å². The molecule has 7 heteroatoms. The first-order valence-corrected chi connectivity index (χ1v) is 12.1. The molecule has 1 fully saturated rings. The predicted octanol–water partition coefficient (Wildman–Crippen LogP) is 3.40. The largest absolute Gasteiger partial charge is 0.347 e. The average molecular weight is 463 g/mol. The van der Waals surface area contributed by atoms with E-state index in [0.29, 0.717) is 17.0 Å². The van der Waals surface area contributed by atoms with E-state index in [9.17, 15) is 9.59 Å². The second-order valence-electron chi connectivity index (χ2n) is 8.40. The van der Waals surface area contributed by atoms with Crippen molar-refractivity contribution in [1.29, 1.82) is 0 Å². The number of piperazine rings is 1. The number of hydrogen-bond acceptors (Lipinski definition) is 5. The van der Waals surface area contributed by atoms with Crippen molar-refractivity contribution in [1.82, 2.24) is 20.4 Å². The number of nitrogens with one attached hydrogen (secondary N) is 2. The van der Waals surface area contributed by atoms with E-state index in [1.807, 2.05) is 53.9 Å². The molecule has 4 rings (SSSR count). The first-order chi connectivity index (χ1) is 16.1. The molecule has 2 heterocycles. The van der Waals surface area contributed by atoms with Gasteiger partial charge in [-0.05, 0) is 41.8 Å². The standard InChI is InChI=1S/C26H30N4O2S/c1-29-13-15-30(16-14-29)19-23(21-6-3-2-4-7-21)28-25(31)22-11-9-20(10-12-22)18-27-26(32)24-8-5-17-33-24/h2-12,17,23H,13-16,18-19H2,1H3,(H,27,32)(H,28,31). The van der Waals surface area contributed by atoms with E-state index in [-0.39, 0.29) is 17.9 Å². The number of nitrogens with zero attached hydrogens (tertiary/aromatic N) is 2. The molecule has 0 radical (unpaired) electrons. The van der Waals surface area contributed by atoms with Crippen molar-refractivity contribution in [3.05, 3.63) is 93.7 Å². The lowest BCUT2D eigenvalue weighted by Gasteiger charge is -2.35. The third-order valence-corrected chi connectivity index (χ3v) is 6.83. The van der Waals surface area contributed by atoms with E-state index in [1.54, 1.807) is 6.07 Å². The molecule has 0 aliphatic carbocycles. The maximum absolute atomic E-state index is 13.0. The lowest BCUT2D eigenvalue weighted by atomic mass is 10.0. The SMILES string of the molecule is CN1CCN(CC(NC(=O)c2ccc(CNC(=O)c3cccs3)cc2)c2ccccc2)CC1. The van der Waals surface area contributed by atoms with Gasteiger partial charge in [0.2, 0.25) is 0 Å². The molecule has 0 spiro atoms. The Morgan fingerprint density at radius 2 is 1.64 bits per heavy atom. The average Bonchev–Trinajstić information content (AvgIpc) is 3.39. The maximum atomic E-state index is 13.0. The zero-order valence-electron chi connectivity index (χ0n) is 18.9. The number of rotatable bonds is 8. The van der Waals surface area contributed by atoms with Crippen LogP contribution in [0.1, 0.15) is 37.2 Å². The fraction of sp³-hybridized carbons (Fsp3) is 0.308. The van der Waals surface area contributed by atoms with Crippen molar-refractivity contribution < 1.29 is 9.59 Å². The van der Waals surface area contributed by atoms with Gasteiger partial charge in [-0.15, -0.1) is 11.3 Å². The summed E-state index contributed by atoms with van der Waals surface area (Å²) in [7, 11) is 2.14. The quantitative estimate of drug-likeness (QED) is 0.539. The lowest BCUT2D eigenvalue weighted by molar-refractivity contribution is 0.0905. The molecule has 3 aromatic rings. The van der Waals surface area contributed by atoms with Crippen LogP contribution in [0.25, 0.3) is 0 Å². The van der Waals surface area contributed by atoms with Crippen LogP contribution in [-0.2, 0) is 6.54 Å². The van der Waals surface area contributed by atoms with Crippen LogP contribution < -0.4 is 10.6 Å². The van der Waals surface area contributed by atoms with Gasteiger partial charge in [-0.1, -0.05) is 48.5 Å². The molecule has 1 unspecified atom stereocenters. The zero-order chi connectivity index (χ0) is 23.0. The molecule has 0 bridgehead atoms. The van der Waals surface area contributed by atoms with Gasteiger partial charge >= 0.3 is 0 Å². The van der Waals surface area contributed by atoms with Gasteiger partial charge in [-0.25, -0.2) is 0 Å². The number of benzene rings is 2. The van der Waals surface area contributed by atoms with Crippen LogP contribution >= 0.6 is 11.3 Å². The normalized spacial score (nSPS) is 15.7. The molecular weight excluding hydrogens is 432 g/mol. The molecule has 1 aliphatic heterocycles. The Hall–Kier alpha value is -3.00. The molecular formula is C26H30N4O2S. The number of likely N-dealkylation sites (N-methyl/N-ethyl adjacent to an activating group) is 1. The van der Waals surface area contributed by atoms with E-state index in [1.165, 1.54) is 11.3 Å². The Labute approximate surface area is 199 Å². The molecule has 33 heavy (non-hydrogen) atoms. The Bertz CT molecular complexity index is 1030. The number of thiophene rings is 1. The lowest BCUT2D eigenvalue weighted by Crippen LogP contribution is -2.47. The second kappa shape index (κ2) is 11.2. The van der Waals surface area contributed by atoms with Crippen molar-refractivity contribution >= 4 is 23.2 Å².